The van der Waals surface area contributed by atoms with Crippen molar-refractivity contribution in [3.05, 3.63) is 81.8 Å². The minimum absolute atomic E-state index is 0.0860. The molecular weight excluding hydrogens is 430 g/mol. The van der Waals surface area contributed by atoms with E-state index in [-0.39, 0.29) is 11.9 Å². The van der Waals surface area contributed by atoms with Crippen LogP contribution in [0.25, 0.3) is 0 Å². The molecule has 1 saturated heterocycles. The second kappa shape index (κ2) is 10.9. The zero-order chi connectivity index (χ0) is 23.2. The number of nitrogens with zero attached hydrogens (tertiary/aromatic N) is 4. The topological polar surface area (TPSA) is 65.7 Å². The minimum Gasteiger partial charge on any atom is -0.399 e. The van der Waals surface area contributed by atoms with Crippen molar-refractivity contribution >= 4 is 22.9 Å². The van der Waals surface area contributed by atoms with Gasteiger partial charge in [-0.25, -0.2) is 4.98 Å². The molecular formula is C26H33N5OS. The SMILES string of the molecule is CCN(CC)C(=O)c1ccc(C(c2cccc(N)c2)N2CCN(Cc3nccs3)CC2)cc1. The number of aromatic nitrogens is 1. The van der Waals surface area contributed by atoms with Crippen molar-refractivity contribution in [3.63, 3.8) is 0 Å². The number of hydrogen-bond acceptors (Lipinski definition) is 6. The average molecular weight is 464 g/mol. The van der Waals surface area contributed by atoms with Crippen LogP contribution in [0.15, 0.2) is 60.1 Å². The molecule has 7 heteroatoms. The summed E-state index contributed by atoms with van der Waals surface area (Å²) in [7, 11) is 0. The summed E-state index contributed by atoms with van der Waals surface area (Å²) < 4.78 is 0. The molecule has 2 N–H and O–H groups in total. The number of anilines is 1. The van der Waals surface area contributed by atoms with E-state index in [4.69, 9.17) is 5.73 Å². The van der Waals surface area contributed by atoms with Crippen LogP contribution in [-0.4, -0.2) is 64.9 Å². The molecule has 1 amide bonds. The van der Waals surface area contributed by atoms with Gasteiger partial charge in [0.05, 0.1) is 12.6 Å². The van der Waals surface area contributed by atoms with E-state index < -0.39 is 0 Å². The minimum atomic E-state index is 0.0860. The Balaban J connectivity index is 1.54. The average Bonchev–Trinajstić information content (AvgIpc) is 3.35. The molecule has 0 aliphatic carbocycles. The van der Waals surface area contributed by atoms with E-state index in [1.165, 1.54) is 16.1 Å². The lowest BCUT2D eigenvalue weighted by Gasteiger charge is -2.39. The summed E-state index contributed by atoms with van der Waals surface area (Å²) in [5.41, 5.74) is 10.0. The Morgan fingerprint density at radius 2 is 1.79 bits per heavy atom. The maximum Gasteiger partial charge on any atom is 0.253 e. The fourth-order valence-electron chi connectivity index (χ4n) is 4.55. The molecule has 1 atom stereocenters. The largest absolute Gasteiger partial charge is 0.399 e. The second-order valence-electron chi connectivity index (χ2n) is 8.41. The first kappa shape index (κ1) is 23.4. The van der Waals surface area contributed by atoms with Crippen LogP contribution < -0.4 is 5.73 Å². The predicted molar refractivity (Wildman–Crippen MR) is 135 cm³/mol. The third-order valence-corrected chi connectivity index (χ3v) is 7.13. The maximum atomic E-state index is 12.8. The predicted octanol–water partition coefficient (Wildman–Crippen LogP) is 4.11. The number of nitrogens with two attached hydrogens (primary N) is 1. The van der Waals surface area contributed by atoms with Crippen LogP contribution in [-0.2, 0) is 6.54 Å². The lowest BCUT2D eigenvalue weighted by molar-refractivity contribution is 0.0773. The summed E-state index contributed by atoms with van der Waals surface area (Å²) in [6, 6.07) is 16.4. The van der Waals surface area contributed by atoms with Gasteiger partial charge in [0.15, 0.2) is 0 Å². The van der Waals surface area contributed by atoms with E-state index in [1.54, 1.807) is 11.3 Å². The molecule has 0 saturated carbocycles. The molecule has 1 aliphatic heterocycles. The van der Waals surface area contributed by atoms with Gasteiger partial charge in [-0.1, -0.05) is 24.3 Å². The zero-order valence-electron chi connectivity index (χ0n) is 19.5. The molecule has 2 aromatic carbocycles. The van der Waals surface area contributed by atoms with Crippen LogP contribution in [0.5, 0.6) is 0 Å². The molecule has 1 aromatic heterocycles. The highest BCUT2D eigenvalue weighted by Crippen LogP contribution is 2.31. The Hall–Kier alpha value is -2.74. The fraction of sp³-hybridized carbons (Fsp3) is 0.385. The van der Waals surface area contributed by atoms with Gasteiger partial charge in [0.2, 0.25) is 0 Å². The molecule has 2 heterocycles. The normalized spacial score (nSPS) is 15.9. The lowest BCUT2D eigenvalue weighted by Crippen LogP contribution is -2.47. The van der Waals surface area contributed by atoms with Crippen LogP contribution in [0.4, 0.5) is 5.69 Å². The highest BCUT2D eigenvalue weighted by Gasteiger charge is 2.27. The molecule has 3 aromatic rings. The zero-order valence-corrected chi connectivity index (χ0v) is 20.3. The van der Waals surface area contributed by atoms with Gasteiger partial charge in [-0.05, 0) is 49.2 Å². The van der Waals surface area contributed by atoms with Gasteiger partial charge in [0, 0.05) is 62.1 Å². The lowest BCUT2D eigenvalue weighted by atomic mass is 9.95. The molecule has 1 aliphatic rings. The molecule has 1 fully saturated rings. The van der Waals surface area contributed by atoms with Crippen molar-refractivity contribution in [2.24, 2.45) is 0 Å². The van der Waals surface area contributed by atoms with Crippen molar-refractivity contribution < 1.29 is 4.79 Å². The van der Waals surface area contributed by atoms with E-state index in [9.17, 15) is 4.79 Å². The third kappa shape index (κ3) is 5.61. The van der Waals surface area contributed by atoms with Crippen molar-refractivity contribution in [1.29, 1.82) is 0 Å². The maximum absolute atomic E-state index is 12.8. The molecule has 1 unspecified atom stereocenters. The Labute approximate surface area is 200 Å². The number of amides is 1. The Kier molecular flexibility index (Phi) is 7.75. The Morgan fingerprint density at radius 1 is 1.06 bits per heavy atom. The van der Waals surface area contributed by atoms with Crippen LogP contribution >= 0.6 is 11.3 Å². The monoisotopic (exact) mass is 463 g/mol. The molecule has 0 bridgehead atoms. The van der Waals surface area contributed by atoms with Gasteiger partial charge in [-0.15, -0.1) is 11.3 Å². The Morgan fingerprint density at radius 3 is 2.39 bits per heavy atom. The summed E-state index contributed by atoms with van der Waals surface area (Å²) in [4.78, 5) is 24.0. The van der Waals surface area contributed by atoms with E-state index in [2.05, 4.69) is 39.0 Å². The fourth-order valence-corrected chi connectivity index (χ4v) is 5.20. The molecule has 0 spiro atoms. The van der Waals surface area contributed by atoms with Crippen LogP contribution in [0.2, 0.25) is 0 Å². The first-order chi connectivity index (χ1) is 16.1. The van der Waals surface area contributed by atoms with Crippen LogP contribution in [0.3, 0.4) is 0 Å². The molecule has 174 valence electrons. The van der Waals surface area contributed by atoms with Crippen molar-refractivity contribution in [3.8, 4) is 0 Å². The van der Waals surface area contributed by atoms with Crippen molar-refractivity contribution in [2.45, 2.75) is 26.4 Å². The van der Waals surface area contributed by atoms with Gasteiger partial charge in [0.1, 0.15) is 5.01 Å². The summed E-state index contributed by atoms with van der Waals surface area (Å²) in [6.45, 7) is 10.3. The molecule has 4 rings (SSSR count). The summed E-state index contributed by atoms with van der Waals surface area (Å²) in [5.74, 6) is 0.0860. The van der Waals surface area contributed by atoms with Gasteiger partial charge in [-0.2, -0.15) is 0 Å². The van der Waals surface area contributed by atoms with Gasteiger partial charge >= 0.3 is 0 Å². The summed E-state index contributed by atoms with van der Waals surface area (Å²) in [6.07, 6.45) is 1.88. The molecule has 0 radical (unpaired) electrons. The van der Waals surface area contributed by atoms with Crippen LogP contribution in [0.1, 0.15) is 46.4 Å². The van der Waals surface area contributed by atoms with Gasteiger partial charge in [0.25, 0.3) is 5.91 Å². The number of piperazine rings is 1. The second-order valence-corrected chi connectivity index (χ2v) is 9.39. The molecule has 33 heavy (non-hydrogen) atoms. The first-order valence-electron chi connectivity index (χ1n) is 11.7. The standard InChI is InChI=1S/C26H33N5OS/c1-3-30(4-2)26(32)21-10-8-20(9-11-21)25(22-6-5-7-23(27)18-22)31-15-13-29(14-16-31)19-24-28-12-17-33-24/h5-12,17-18,25H,3-4,13-16,19,27H2,1-2H3. The summed E-state index contributed by atoms with van der Waals surface area (Å²) in [5, 5.41) is 3.21. The third-order valence-electron chi connectivity index (χ3n) is 6.36. The van der Waals surface area contributed by atoms with Gasteiger partial charge < -0.3 is 10.6 Å². The quantitative estimate of drug-likeness (QED) is 0.509. The number of nitrogen functional groups attached to an aromatic ring is 1. The highest BCUT2D eigenvalue weighted by atomic mass is 32.1. The molecule has 6 nitrogen and oxygen atoms in total. The Bertz CT molecular complexity index is 1030. The number of carbonyl (C=O) groups excluding carboxylic acids is 1. The van der Waals surface area contributed by atoms with E-state index in [1.807, 2.05) is 54.6 Å². The summed E-state index contributed by atoms with van der Waals surface area (Å²) >= 11 is 1.72. The van der Waals surface area contributed by atoms with Crippen molar-refractivity contribution in [2.75, 3.05) is 45.0 Å². The highest BCUT2D eigenvalue weighted by molar-refractivity contribution is 7.09. The number of carbonyl (C=O) groups is 1. The number of rotatable bonds is 8. The number of hydrogen-bond donors (Lipinski definition) is 1. The van der Waals surface area contributed by atoms with E-state index in [0.717, 1.165) is 44.0 Å². The smallest absolute Gasteiger partial charge is 0.253 e. The van der Waals surface area contributed by atoms with E-state index in [0.29, 0.717) is 13.1 Å². The number of benzene rings is 2. The first-order valence-corrected chi connectivity index (χ1v) is 12.6. The van der Waals surface area contributed by atoms with E-state index >= 15 is 0 Å². The number of thiazole rings is 1. The van der Waals surface area contributed by atoms with Crippen molar-refractivity contribution in [1.82, 2.24) is 19.7 Å². The van der Waals surface area contributed by atoms with Crippen LogP contribution in [0, 0.1) is 0 Å². The van der Waals surface area contributed by atoms with Gasteiger partial charge in [-0.3, -0.25) is 14.6 Å².